The number of fused-ring (bicyclic) bond motifs is 1. The zero-order valence-corrected chi connectivity index (χ0v) is 16.6. The first-order valence-corrected chi connectivity index (χ1v) is 9.99. The van der Waals surface area contributed by atoms with Crippen molar-refractivity contribution in [1.29, 1.82) is 0 Å². The number of carbonyl (C=O) groups excluding carboxylic acids is 2. The molecule has 0 spiro atoms. The standard InChI is InChI=1S/C21H26N4O4/c1-28-16-4-2-3-14(11-16)12-22-20(26)19-17-5-8-25(13-18(17)23-24-19)21(27)15-6-9-29-10-7-15/h2-4,11,15H,5-10,12-13H2,1H3,(H,22,26)(H,23,24). The van der Waals surface area contributed by atoms with Crippen LogP contribution >= 0.6 is 0 Å². The lowest BCUT2D eigenvalue weighted by Gasteiger charge is -2.31. The van der Waals surface area contributed by atoms with E-state index in [4.69, 9.17) is 9.47 Å². The van der Waals surface area contributed by atoms with Crippen molar-refractivity contribution in [1.82, 2.24) is 20.4 Å². The summed E-state index contributed by atoms with van der Waals surface area (Å²) in [5, 5.41) is 10.1. The van der Waals surface area contributed by atoms with Crippen molar-refractivity contribution >= 4 is 11.8 Å². The number of H-pyrrole nitrogens is 1. The minimum Gasteiger partial charge on any atom is -0.497 e. The average Bonchev–Trinajstić information content (AvgIpc) is 3.21. The molecule has 0 saturated carbocycles. The Morgan fingerprint density at radius 1 is 1.34 bits per heavy atom. The van der Waals surface area contributed by atoms with Gasteiger partial charge in [-0.1, -0.05) is 12.1 Å². The van der Waals surface area contributed by atoms with Gasteiger partial charge in [-0.25, -0.2) is 0 Å². The highest BCUT2D eigenvalue weighted by atomic mass is 16.5. The predicted octanol–water partition coefficient (Wildman–Crippen LogP) is 1.66. The topological polar surface area (TPSA) is 96.5 Å². The Bertz CT molecular complexity index is 889. The number of ether oxygens (including phenoxy) is 2. The molecule has 2 N–H and O–H groups in total. The lowest BCUT2D eigenvalue weighted by Crippen LogP contribution is -2.41. The molecule has 8 heteroatoms. The number of rotatable bonds is 5. The van der Waals surface area contributed by atoms with Crippen LogP contribution in [0.3, 0.4) is 0 Å². The zero-order chi connectivity index (χ0) is 20.2. The molecule has 1 saturated heterocycles. The van der Waals surface area contributed by atoms with Crippen LogP contribution in [-0.4, -0.2) is 53.8 Å². The number of aromatic nitrogens is 2. The van der Waals surface area contributed by atoms with Crippen LogP contribution in [0.5, 0.6) is 5.75 Å². The number of hydrogen-bond acceptors (Lipinski definition) is 5. The van der Waals surface area contributed by atoms with Crippen molar-refractivity contribution in [2.45, 2.75) is 32.4 Å². The SMILES string of the molecule is COc1cccc(CNC(=O)c2n[nH]c3c2CCN(C(=O)C2CCOCC2)C3)c1. The number of nitrogens with one attached hydrogen (secondary N) is 2. The molecule has 1 aromatic heterocycles. The van der Waals surface area contributed by atoms with Gasteiger partial charge >= 0.3 is 0 Å². The number of carbonyl (C=O) groups is 2. The van der Waals surface area contributed by atoms with Crippen LogP contribution in [0.25, 0.3) is 0 Å². The molecule has 2 aromatic rings. The Kier molecular flexibility index (Phi) is 5.80. The van der Waals surface area contributed by atoms with Gasteiger partial charge in [0.25, 0.3) is 5.91 Å². The number of benzene rings is 1. The van der Waals surface area contributed by atoms with E-state index < -0.39 is 0 Å². The van der Waals surface area contributed by atoms with E-state index in [2.05, 4.69) is 15.5 Å². The summed E-state index contributed by atoms with van der Waals surface area (Å²) in [4.78, 5) is 27.3. The summed E-state index contributed by atoms with van der Waals surface area (Å²) in [6, 6.07) is 7.58. The van der Waals surface area contributed by atoms with Gasteiger partial charge in [-0.05, 0) is 37.0 Å². The van der Waals surface area contributed by atoms with Crippen LogP contribution < -0.4 is 10.1 Å². The molecule has 4 rings (SSSR count). The summed E-state index contributed by atoms with van der Waals surface area (Å²) in [5.41, 5.74) is 3.13. The Labute approximate surface area is 169 Å². The normalized spacial score (nSPS) is 16.9. The summed E-state index contributed by atoms with van der Waals surface area (Å²) < 4.78 is 10.6. The van der Waals surface area contributed by atoms with Crippen LogP contribution in [0.2, 0.25) is 0 Å². The minimum absolute atomic E-state index is 0.0406. The molecule has 2 aliphatic rings. The van der Waals surface area contributed by atoms with Crippen molar-refractivity contribution in [3.63, 3.8) is 0 Å². The monoisotopic (exact) mass is 398 g/mol. The largest absolute Gasteiger partial charge is 0.497 e. The quantitative estimate of drug-likeness (QED) is 0.799. The lowest BCUT2D eigenvalue weighted by atomic mass is 9.96. The highest BCUT2D eigenvalue weighted by Crippen LogP contribution is 2.24. The second-order valence-electron chi connectivity index (χ2n) is 7.46. The third-order valence-electron chi connectivity index (χ3n) is 5.62. The predicted molar refractivity (Wildman–Crippen MR) is 105 cm³/mol. The molecule has 0 atom stereocenters. The maximum atomic E-state index is 12.8. The number of aromatic amines is 1. The molecule has 2 aliphatic heterocycles. The van der Waals surface area contributed by atoms with E-state index in [1.807, 2.05) is 29.2 Å². The molecule has 1 aromatic carbocycles. The molecular formula is C21H26N4O4. The van der Waals surface area contributed by atoms with Crippen LogP contribution in [-0.2, 0) is 29.0 Å². The van der Waals surface area contributed by atoms with Crippen molar-refractivity contribution in [3.05, 3.63) is 46.8 Å². The van der Waals surface area contributed by atoms with Gasteiger partial charge in [-0.15, -0.1) is 0 Å². The van der Waals surface area contributed by atoms with E-state index in [1.165, 1.54) is 0 Å². The maximum Gasteiger partial charge on any atom is 0.272 e. The Morgan fingerprint density at radius 3 is 2.97 bits per heavy atom. The molecule has 154 valence electrons. The van der Waals surface area contributed by atoms with Crippen molar-refractivity contribution in [3.8, 4) is 5.75 Å². The molecule has 0 bridgehead atoms. The van der Waals surface area contributed by atoms with Gasteiger partial charge in [0, 0.05) is 37.8 Å². The van der Waals surface area contributed by atoms with Crippen molar-refractivity contribution in [2.24, 2.45) is 5.92 Å². The fraction of sp³-hybridized carbons (Fsp3) is 0.476. The number of amides is 2. The summed E-state index contributed by atoms with van der Waals surface area (Å²) in [6.07, 6.45) is 2.19. The smallest absolute Gasteiger partial charge is 0.272 e. The van der Waals surface area contributed by atoms with E-state index in [0.29, 0.717) is 45.0 Å². The highest BCUT2D eigenvalue weighted by Gasteiger charge is 2.31. The number of nitrogens with zero attached hydrogens (tertiary/aromatic N) is 2. The average molecular weight is 398 g/mol. The van der Waals surface area contributed by atoms with Crippen LogP contribution in [0.1, 0.15) is 40.2 Å². The first kappa shape index (κ1) is 19.4. The molecule has 0 radical (unpaired) electrons. The fourth-order valence-corrected chi connectivity index (χ4v) is 3.95. The molecule has 1 fully saturated rings. The molecule has 0 aliphatic carbocycles. The van der Waals surface area contributed by atoms with Gasteiger partial charge in [0.15, 0.2) is 5.69 Å². The van der Waals surface area contributed by atoms with Crippen molar-refractivity contribution < 1.29 is 19.1 Å². The first-order valence-electron chi connectivity index (χ1n) is 9.99. The second kappa shape index (κ2) is 8.65. The second-order valence-corrected chi connectivity index (χ2v) is 7.46. The van der Waals surface area contributed by atoms with Crippen LogP contribution in [0.4, 0.5) is 0 Å². The molecule has 0 unspecified atom stereocenters. The third-order valence-corrected chi connectivity index (χ3v) is 5.62. The molecular weight excluding hydrogens is 372 g/mol. The van der Waals surface area contributed by atoms with E-state index in [-0.39, 0.29) is 17.7 Å². The fourth-order valence-electron chi connectivity index (χ4n) is 3.95. The molecule has 2 amide bonds. The van der Waals surface area contributed by atoms with Gasteiger partial charge < -0.3 is 19.7 Å². The summed E-state index contributed by atoms with van der Waals surface area (Å²) >= 11 is 0. The van der Waals surface area contributed by atoms with Gasteiger partial charge in [0.05, 0.1) is 19.3 Å². The van der Waals surface area contributed by atoms with Gasteiger partial charge in [-0.3, -0.25) is 14.7 Å². The van der Waals surface area contributed by atoms with E-state index in [0.717, 1.165) is 35.4 Å². The zero-order valence-electron chi connectivity index (χ0n) is 16.6. The summed E-state index contributed by atoms with van der Waals surface area (Å²) in [5.74, 6) is 0.758. The highest BCUT2D eigenvalue weighted by molar-refractivity contribution is 5.94. The van der Waals surface area contributed by atoms with Gasteiger partial charge in [-0.2, -0.15) is 5.10 Å². The first-order chi connectivity index (χ1) is 14.2. The van der Waals surface area contributed by atoms with E-state index in [1.54, 1.807) is 7.11 Å². The summed E-state index contributed by atoms with van der Waals surface area (Å²) in [7, 11) is 1.61. The summed E-state index contributed by atoms with van der Waals surface area (Å²) in [6.45, 7) is 2.78. The van der Waals surface area contributed by atoms with E-state index >= 15 is 0 Å². The van der Waals surface area contributed by atoms with Crippen LogP contribution in [0, 0.1) is 5.92 Å². The minimum atomic E-state index is -0.213. The number of methoxy groups -OCH3 is 1. The molecule has 3 heterocycles. The van der Waals surface area contributed by atoms with Gasteiger partial charge in [0.1, 0.15) is 5.75 Å². The molecule has 29 heavy (non-hydrogen) atoms. The Morgan fingerprint density at radius 2 is 2.17 bits per heavy atom. The lowest BCUT2D eigenvalue weighted by molar-refractivity contribution is -0.139. The maximum absolute atomic E-state index is 12.8. The van der Waals surface area contributed by atoms with Gasteiger partial charge in [0.2, 0.25) is 5.91 Å². The molecule has 8 nitrogen and oxygen atoms in total. The van der Waals surface area contributed by atoms with E-state index in [9.17, 15) is 9.59 Å². The Balaban J connectivity index is 1.38. The third kappa shape index (κ3) is 4.27. The van der Waals surface area contributed by atoms with Crippen LogP contribution in [0.15, 0.2) is 24.3 Å². The number of hydrogen-bond donors (Lipinski definition) is 2. The van der Waals surface area contributed by atoms with Crippen molar-refractivity contribution in [2.75, 3.05) is 26.9 Å². The Hall–Kier alpha value is -2.87.